The van der Waals surface area contributed by atoms with E-state index in [9.17, 15) is 22.8 Å². The molecule has 2 amide bonds. The second-order valence-corrected chi connectivity index (χ2v) is 10.8. The number of piperazine rings is 1. The van der Waals surface area contributed by atoms with Gasteiger partial charge in [-0.15, -0.1) is 0 Å². The molecule has 1 aromatic heterocycles. The zero-order chi connectivity index (χ0) is 25.9. The highest BCUT2D eigenvalue weighted by molar-refractivity contribution is 5.84. The molecule has 2 aliphatic heterocycles. The monoisotopic (exact) mass is 510 g/mol. The minimum absolute atomic E-state index is 0.0145. The van der Waals surface area contributed by atoms with E-state index in [1.165, 1.54) is 6.20 Å². The van der Waals surface area contributed by atoms with Crippen molar-refractivity contribution in [1.82, 2.24) is 15.2 Å². The molecule has 10 heteroatoms. The number of alkyl halides is 3. The van der Waals surface area contributed by atoms with Crippen LogP contribution in [0.5, 0.6) is 0 Å². The van der Waals surface area contributed by atoms with Gasteiger partial charge in [-0.25, -0.2) is 4.98 Å². The molecule has 36 heavy (non-hydrogen) atoms. The van der Waals surface area contributed by atoms with Crippen molar-refractivity contribution in [3.05, 3.63) is 23.9 Å². The predicted molar refractivity (Wildman–Crippen MR) is 129 cm³/mol. The third-order valence-corrected chi connectivity index (χ3v) is 8.22. The maximum absolute atomic E-state index is 13.8. The standard InChI is InChI=1S/C26H37F3N4O3/c1-18(2)25(7-3-21(17-25)31-23(34)15-19-5-13-36-14-6-19)24(35)33-11-9-32(10-12-33)22-16-20(4-8-30-22)26(27,28)29/h4,8,16,18-19,21H,3,5-7,9-15,17H2,1-2H3,(H,31,34)/t21-,25+/m1/s1. The lowest BCUT2D eigenvalue weighted by molar-refractivity contribution is -0.145. The summed E-state index contributed by atoms with van der Waals surface area (Å²) in [6, 6.07) is 2.02. The van der Waals surface area contributed by atoms with Crippen LogP contribution in [0.3, 0.4) is 0 Å². The molecule has 0 radical (unpaired) electrons. The molecule has 0 unspecified atom stereocenters. The van der Waals surface area contributed by atoms with Crippen LogP contribution in [0.1, 0.15) is 57.9 Å². The smallest absolute Gasteiger partial charge is 0.381 e. The van der Waals surface area contributed by atoms with Crippen molar-refractivity contribution in [2.45, 2.75) is 64.6 Å². The molecule has 3 aliphatic rings. The average Bonchev–Trinajstić information content (AvgIpc) is 3.29. The third kappa shape index (κ3) is 5.95. The Morgan fingerprint density at radius 3 is 2.50 bits per heavy atom. The number of amides is 2. The van der Waals surface area contributed by atoms with Crippen molar-refractivity contribution in [3.8, 4) is 0 Å². The van der Waals surface area contributed by atoms with Gasteiger partial charge in [-0.2, -0.15) is 13.2 Å². The third-order valence-electron chi connectivity index (χ3n) is 8.22. The highest BCUT2D eigenvalue weighted by Crippen LogP contribution is 2.46. The molecule has 2 saturated heterocycles. The van der Waals surface area contributed by atoms with Crippen LogP contribution in [-0.2, 0) is 20.5 Å². The van der Waals surface area contributed by atoms with Gasteiger partial charge in [-0.3, -0.25) is 9.59 Å². The number of pyridine rings is 1. The van der Waals surface area contributed by atoms with Gasteiger partial charge in [0, 0.05) is 58.1 Å². The van der Waals surface area contributed by atoms with E-state index in [1.807, 2.05) is 4.90 Å². The van der Waals surface area contributed by atoms with Crippen LogP contribution in [0.15, 0.2) is 18.3 Å². The van der Waals surface area contributed by atoms with Crippen molar-refractivity contribution in [2.24, 2.45) is 17.3 Å². The SMILES string of the molecule is CC(C)[C@]1(C(=O)N2CCN(c3cc(C(F)(F)F)ccn3)CC2)CC[C@@H](NC(=O)CC2CCOCC2)C1. The summed E-state index contributed by atoms with van der Waals surface area (Å²) in [6.45, 7) is 7.28. The molecule has 1 aromatic rings. The molecule has 3 heterocycles. The Morgan fingerprint density at radius 1 is 1.17 bits per heavy atom. The molecule has 1 aliphatic carbocycles. The van der Waals surface area contributed by atoms with Crippen LogP contribution in [0, 0.1) is 17.3 Å². The molecule has 200 valence electrons. The quantitative estimate of drug-likeness (QED) is 0.629. The van der Waals surface area contributed by atoms with E-state index in [0.29, 0.717) is 58.2 Å². The maximum Gasteiger partial charge on any atom is 0.416 e. The number of ether oxygens (including phenoxy) is 1. The van der Waals surface area contributed by atoms with Crippen molar-refractivity contribution in [2.75, 3.05) is 44.3 Å². The highest BCUT2D eigenvalue weighted by Gasteiger charge is 2.50. The number of hydrogen-bond acceptors (Lipinski definition) is 5. The first-order valence-electron chi connectivity index (χ1n) is 13.0. The number of anilines is 1. The largest absolute Gasteiger partial charge is 0.416 e. The van der Waals surface area contributed by atoms with Crippen LogP contribution in [0.25, 0.3) is 0 Å². The summed E-state index contributed by atoms with van der Waals surface area (Å²) in [5, 5.41) is 3.18. The number of carbonyl (C=O) groups excluding carboxylic acids is 2. The Morgan fingerprint density at radius 2 is 1.86 bits per heavy atom. The van der Waals surface area contributed by atoms with Gasteiger partial charge in [0.05, 0.1) is 11.0 Å². The molecule has 0 aromatic carbocycles. The van der Waals surface area contributed by atoms with E-state index in [-0.39, 0.29) is 29.6 Å². The van der Waals surface area contributed by atoms with E-state index in [0.717, 1.165) is 37.8 Å². The van der Waals surface area contributed by atoms with Gasteiger partial charge in [0.25, 0.3) is 0 Å². The molecule has 0 bridgehead atoms. The number of aromatic nitrogens is 1. The molecular formula is C26H37F3N4O3. The van der Waals surface area contributed by atoms with Gasteiger partial charge in [0.2, 0.25) is 11.8 Å². The van der Waals surface area contributed by atoms with Gasteiger partial charge in [0.1, 0.15) is 5.82 Å². The normalized spacial score (nSPS) is 25.9. The first kappa shape index (κ1) is 26.7. The number of nitrogens with zero attached hydrogens (tertiary/aromatic N) is 3. The average molecular weight is 511 g/mol. The summed E-state index contributed by atoms with van der Waals surface area (Å²) in [4.78, 5) is 34.2. The molecule has 1 N–H and O–H groups in total. The van der Waals surface area contributed by atoms with Crippen molar-refractivity contribution in [3.63, 3.8) is 0 Å². The lowest BCUT2D eigenvalue weighted by Gasteiger charge is -2.42. The lowest BCUT2D eigenvalue weighted by Crippen LogP contribution is -2.54. The van der Waals surface area contributed by atoms with Gasteiger partial charge in [-0.1, -0.05) is 13.8 Å². The second kappa shape index (κ2) is 10.9. The van der Waals surface area contributed by atoms with Gasteiger partial charge in [0.15, 0.2) is 0 Å². The summed E-state index contributed by atoms with van der Waals surface area (Å²) < 4.78 is 44.7. The molecule has 1 saturated carbocycles. The van der Waals surface area contributed by atoms with Gasteiger partial charge in [-0.05, 0) is 56.1 Å². The van der Waals surface area contributed by atoms with E-state index in [4.69, 9.17) is 4.74 Å². The summed E-state index contributed by atoms with van der Waals surface area (Å²) in [7, 11) is 0. The predicted octanol–water partition coefficient (Wildman–Crippen LogP) is 3.88. The summed E-state index contributed by atoms with van der Waals surface area (Å²) in [5.41, 5.74) is -1.26. The molecule has 3 fully saturated rings. The fourth-order valence-corrected chi connectivity index (χ4v) is 5.88. The number of halogens is 3. The Balaban J connectivity index is 1.34. The Labute approximate surface area is 210 Å². The topological polar surface area (TPSA) is 74.8 Å². The number of nitrogens with one attached hydrogen (secondary N) is 1. The van der Waals surface area contributed by atoms with Crippen molar-refractivity contribution < 1.29 is 27.5 Å². The molecular weight excluding hydrogens is 473 g/mol. The maximum atomic E-state index is 13.8. The number of rotatable bonds is 6. The molecule has 4 rings (SSSR count). The zero-order valence-electron chi connectivity index (χ0n) is 21.1. The summed E-state index contributed by atoms with van der Waals surface area (Å²) >= 11 is 0. The Kier molecular flexibility index (Phi) is 8.12. The lowest BCUT2D eigenvalue weighted by atomic mass is 9.74. The van der Waals surface area contributed by atoms with Gasteiger partial charge < -0.3 is 19.9 Å². The van der Waals surface area contributed by atoms with E-state index in [1.54, 1.807) is 4.90 Å². The van der Waals surface area contributed by atoms with E-state index in [2.05, 4.69) is 24.1 Å². The fourth-order valence-electron chi connectivity index (χ4n) is 5.88. The van der Waals surface area contributed by atoms with Crippen molar-refractivity contribution in [1.29, 1.82) is 0 Å². The highest BCUT2D eigenvalue weighted by atomic mass is 19.4. The van der Waals surface area contributed by atoms with Crippen LogP contribution in [-0.4, -0.2) is 67.1 Å². The molecule has 7 nitrogen and oxygen atoms in total. The summed E-state index contributed by atoms with van der Waals surface area (Å²) in [6.07, 6.45) is 1.21. The van der Waals surface area contributed by atoms with Crippen molar-refractivity contribution >= 4 is 17.6 Å². The first-order chi connectivity index (χ1) is 17.1. The first-order valence-corrected chi connectivity index (χ1v) is 13.0. The number of carbonyl (C=O) groups is 2. The van der Waals surface area contributed by atoms with Crippen LogP contribution in [0.4, 0.5) is 19.0 Å². The van der Waals surface area contributed by atoms with E-state index >= 15 is 0 Å². The van der Waals surface area contributed by atoms with Crippen LogP contribution < -0.4 is 10.2 Å². The Hall–Kier alpha value is -2.36. The fraction of sp³-hybridized carbons (Fsp3) is 0.731. The minimum atomic E-state index is -4.42. The Bertz CT molecular complexity index is 927. The van der Waals surface area contributed by atoms with E-state index < -0.39 is 17.2 Å². The zero-order valence-corrected chi connectivity index (χ0v) is 21.1. The van der Waals surface area contributed by atoms with Crippen LogP contribution in [0.2, 0.25) is 0 Å². The molecule has 2 atom stereocenters. The van der Waals surface area contributed by atoms with Gasteiger partial charge >= 0.3 is 6.18 Å². The second-order valence-electron chi connectivity index (χ2n) is 10.8. The summed E-state index contributed by atoms with van der Waals surface area (Å²) in [5.74, 6) is 0.907. The van der Waals surface area contributed by atoms with Crippen LogP contribution >= 0.6 is 0 Å². The molecule has 0 spiro atoms. The number of hydrogen-bond donors (Lipinski definition) is 1. The minimum Gasteiger partial charge on any atom is -0.381 e.